The maximum atomic E-state index is 16.0. The van der Waals surface area contributed by atoms with E-state index in [1.54, 1.807) is 6.20 Å². The molecule has 0 unspecified atom stereocenters. The molecule has 0 aromatic carbocycles. The van der Waals surface area contributed by atoms with Gasteiger partial charge in [-0.05, 0) is 86.6 Å². The van der Waals surface area contributed by atoms with Gasteiger partial charge in [-0.1, -0.05) is 32.6 Å². The first-order chi connectivity index (χ1) is 17.7. The molecule has 2 aliphatic heterocycles. The first kappa shape index (κ1) is 30.7. The standard InChI is InChI=1S/C27H38FN5.C2H6.CH4O/c1-4-5-23-17-26(18-24(29)20(23)2)7-14-33(15-8-26)21(3)27(28)9-12-32(13-10-27)19-22-6-11-31-25(30)16-22;2*1-2/h4-6,11,16,29H,3,7-10,12-15,17-19H2,1-2H3,(H2,30,31);1-2H3;2H,1H3/b5-4-,29-24?;;. The van der Waals surface area contributed by atoms with Gasteiger partial charge in [-0.25, -0.2) is 9.37 Å². The molecule has 2 fully saturated rings. The van der Waals surface area contributed by atoms with Gasteiger partial charge in [0.15, 0.2) is 5.67 Å². The maximum Gasteiger partial charge on any atom is 0.152 e. The molecule has 1 aromatic rings. The van der Waals surface area contributed by atoms with Crippen LogP contribution in [0.2, 0.25) is 0 Å². The molecule has 37 heavy (non-hydrogen) atoms. The largest absolute Gasteiger partial charge is 0.400 e. The van der Waals surface area contributed by atoms with E-state index in [1.807, 2.05) is 32.9 Å². The van der Waals surface area contributed by atoms with Crippen LogP contribution in [0.15, 0.2) is 53.9 Å². The summed E-state index contributed by atoms with van der Waals surface area (Å²) in [5, 5.41) is 15.5. The van der Waals surface area contributed by atoms with Crippen molar-refractivity contribution < 1.29 is 9.50 Å². The summed E-state index contributed by atoms with van der Waals surface area (Å²) in [6.07, 6.45) is 10.8. The zero-order valence-electron chi connectivity index (χ0n) is 23.6. The number of pyridine rings is 1. The second-order valence-electron chi connectivity index (χ2n) is 10.2. The van der Waals surface area contributed by atoms with E-state index in [2.05, 4.69) is 40.4 Å². The minimum Gasteiger partial charge on any atom is -0.400 e. The Kier molecular flexibility index (Phi) is 11.5. The maximum absolute atomic E-state index is 16.0. The SMILES string of the molecule is C=C(N1CCC2(CC1)CC(=N)C(C)=C(/C=C\C)C2)C1(F)CCN(Cc2ccnc(N)c2)CC1.CC.CO. The normalized spacial score (nSPS) is 21.3. The Labute approximate surface area is 223 Å². The number of nitrogens with zero attached hydrogens (tertiary/aromatic N) is 3. The molecule has 6 nitrogen and oxygen atoms in total. The van der Waals surface area contributed by atoms with Crippen LogP contribution in [0.5, 0.6) is 0 Å². The van der Waals surface area contributed by atoms with Crippen molar-refractivity contribution >= 4 is 11.5 Å². The lowest BCUT2D eigenvalue weighted by Gasteiger charge is -2.48. The van der Waals surface area contributed by atoms with Crippen molar-refractivity contribution in [2.24, 2.45) is 5.41 Å². The lowest BCUT2D eigenvalue weighted by molar-refractivity contribution is 0.0411. The smallest absolute Gasteiger partial charge is 0.152 e. The molecule has 3 heterocycles. The van der Waals surface area contributed by atoms with E-state index >= 15 is 4.39 Å². The van der Waals surface area contributed by atoms with Gasteiger partial charge in [-0.15, -0.1) is 0 Å². The molecule has 3 aliphatic rings. The number of anilines is 1. The average molecular weight is 514 g/mol. The van der Waals surface area contributed by atoms with E-state index in [1.165, 1.54) is 5.57 Å². The minimum atomic E-state index is -1.33. The molecule has 4 rings (SSSR count). The van der Waals surface area contributed by atoms with Crippen LogP contribution < -0.4 is 5.73 Å². The summed E-state index contributed by atoms with van der Waals surface area (Å²) in [6, 6.07) is 3.86. The van der Waals surface area contributed by atoms with Crippen LogP contribution in [0.25, 0.3) is 0 Å². The van der Waals surface area contributed by atoms with E-state index in [-0.39, 0.29) is 5.41 Å². The Morgan fingerprint density at radius 3 is 2.35 bits per heavy atom. The fourth-order valence-electron chi connectivity index (χ4n) is 5.78. The second kappa shape index (κ2) is 13.9. The summed E-state index contributed by atoms with van der Waals surface area (Å²) in [7, 11) is 1.00. The number of rotatable bonds is 5. The Morgan fingerprint density at radius 2 is 1.78 bits per heavy atom. The number of alkyl halides is 1. The molecule has 0 atom stereocenters. The van der Waals surface area contributed by atoms with Gasteiger partial charge in [0.25, 0.3) is 0 Å². The number of hydrogen-bond donors (Lipinski definition) is 3. The van der Waals surface area contributed by atoms with E-state index in [9.17, 15) is 0 Å². The van der Waals surface area contributed by atoms with Crippen LogP contribution in [0.4, 0.5) is 10.2 Å². The number of aromatic nitrogens is 1. The first-order valence-electron chi connectivity index (χ1n) is 13.6. The lowest BCUT2D eigenvalue weighted by Crippen LogP contribution is -2.49. The molecule has 4 N–H and O–H groups in total. The Bertz CT molecular complexity index is 970. The van der Waals surface area contributed by atoms with E-state index in [0.717, 1.165) is 69.3 Å². The fraction of sp³-hybridized carbons (Fsp3) is 0.600. The average Bonchev–Trinajstić information content (AvgIpc) is 2.91. The number of aliphatic hydroxyl groups excluding tert-OH is 1. The van der Waals surface area contributed by atoms with Gasteiger partial charge >= 0.3 is 0 Å². The summed E-state index contributed by atoms with van der Waals surface area (Å²) in [4.78, 5) is 8.53. The highest BCUT2D eigenvalue weighted by molar-refractivity contribution is 5.99. The third-order valence-electron chi connectivity index (χ3n) is 8.04. The molecule has 0 amide bonds. The third-order valence-corrected chi connectivity index (χ3v) is 8.04. The quantitative estimate of drug-likeness (QED) is 0.456. The zero-order valence-corrected chi connectivity index (χ0v) is 23.6. The molecule has 1 aromatic heterocycles. The highest BCUT2D eigenvalue weighted by atomic mass is 19.1. The molecular formula is C30H48FN5O. The number of nitrogen functional groups attached to an aromatic ring is 1. The van der Waals surface area contributed by atoms with Crippen LogP contribution in [-0.2, 0) is 6.54 Å². The highest BCUT2D eigenvalue weighted by Crippen LogP contribution is 2.47. The van der Waals surface area contributed by atoms with E-state index in [0.29, 0.717) is 37.4 Å². The van der Waals surface area contributed by atoms with E-state index < -0.39 is 5.67 Å². The summed E-state index contributed by atoms with van der Waals surface area (Å²) in [5.41, 5.74) is 9.59. The molecule has 0 radical (unpaired) electrons. The predicted molar refractivity (Wildman–Crippen MR) is 153 cm³/mol. The van der Waals surface area contributed by atoms with Crippen molar-refractivity contribution in [2.75, 3.05) is 39.0 Å². The molecule has 2 saturated heterocycles. The van der Waals surface area contributed by atoms with Crippen molar-refractivity contribution in [3.63, 3.8) is 0 Å². The molecule has 1 aliphatic carbocycles. The van der Waals surface area contributed by atoms with Gasteiger partial charge in [0.05, 0.1) is 0 Å². The number of halogens is 1. The number of piperidine rings is 2. The van der Waals surface area contributed by atoms with Crippen molar-refractivity contribution in [3.8, 4) is 0 Å². The first-order valence-corrected chi connectivity index (χ1v) is 13.6. The van der Waals surface area contributed by atoms with Gasteiger partial charge in [0.1, 0.15) is 5.82 Å². The molecule has 1 spiro atoms. The highest BCUT2D eigenvalue weighted by Gasteiger charge is 2.44. The molecular weight excluding hydrogens is 465 g/mol. The summed E-state index contributed by atoms with van der Waals surface area (Å²) < 4.78 is 16.0. The van der Waals surface area contributed by atoms with Gasteiger partial charge in [0.2, 0.25) is 0 Å². The van der Waals surface area contributed by atoms with Gasteiger partial charge in [-0.3, -0.25) is 4.90 Å². The minimum absolute atomic E-state index is 0.140. The topological polar surface area (TPSA) is 89.5 Å². The molecule has 206 valence electrons. The van der Waals surface area contributed by atoms with Crippen molar-refractivity contribution in [3.05, 3.63) is 59.5 Å². The van der Waals surface area contributed by atoms with Crippen LogP contribution in [0.3, 0.4) is 0 Å². The van der Waals surface area contributed by atoms with E-state index in [4.69, 9.17) is 16.2 Å². The van der Waals surface area contributed by atoms with Crippen LogP contribution in [0.1, 0.15) is 71.8 Å². The van der Waals surface area contributed by atoms with Crippen molar-refractivity contribution in [1.82, 2.24) is 14.8 Å². The van der Waals surface area contributed by atoms with Crippen LogP contribution >= 0.6 is 0 Å². The van der Waals surface area contributed by atoms with Crippen LogP contribution in [0, 0.1) is 10.8 Å². The van der Waals surface area contributed by atoms with Gasteiger partial charge < -0.3 is 21.1 Å². The fourth-order valence-corrected chi connectivity index (χ4v) is 5.78. The summed E-state index contributed by atoms with van der Waals surface area (Å²) >= 11 is 0. The van der Waals surface area contributed by atoms with Gasteiger partial charge in [0, 0.05) is 57.4 Å². The second-order valence-corrected chi connectivity index (χ2v) is 10.2. The third kappa shape index (κ3) is 7.51. The van der Waals surface area contributed by atoms with Gasteiger partial charge in [-0.2, -0.15) is 0 Å². The Balaban J connectivity index is 0.00000115. The summed E-state index contributed by atoms with van der Waals surface area (Å²) in [6.45, 7) is 16.2. The number of likely N-dealkylation sites (tertiary alicyclic amines) is 2. The lowest BCUT2D eigenvalue weighted by atomic mass is 9.65. The van der Waals surface area contributed by atoms with Crippen LogP contribution in [-0.4, -0.2) is 64.6 Å². The molecule has 0 saturated carbocycles. The number of nitrogens with one attached hydrogen (secondary N) is 1. The molecule has 0 bridgehead atoms. The van der Waals surface area contributed by atoms with Crippen molar-refractivity contribution in [1.29, 1.82) is 5.41 Å². The predicted octanol–water partition coefficient (Wildman–Crippen LogP) is 5.90. The molecule has 7 heteroatoms. The number of allylic oxidation sites excluding steroid dienone is 5. The zero-order chi connectivity index (χ0) is 27.6. The Hall–Kier alpha value is -2.51. The number of nitrogens with two attached hydrogens (primary N) is 1. The van der Waals surface area contributed by atoms with Crippen molar-refractivity contribution in [2.45, 2.75) is 78.4 Å². The number of aliphatic hydroxyl groups is 1. The monoisotopic (exact) mass is 513 g/mol. The number of hydrogen-bond acceptors (Lipinski definition) is 6. The summed E-state index contributed by atoms with van der Waals surface area (Å²) in [5.74, 6) is 0.525. The Morgan fingerprint density at radius 1 is 1.16 bits per heavy atom.